The molecule has 2 aliphatic heterocycles. The van der Waals surface area contributed by atoms with E-state index in [4.69, 9.17) is 5.73 Å². The topological polar surface area (TPSA) is 87.0 Å². The number of hydrogen-bond donors (Lipinski definition) is 1. The highest BCUT2D eigenvalue weighted by Gasteiger charge is 2.32. The maximum absolute atomic E-state index is 13.1. The Morgan fingerprint density at radius 3 is 2.28 bits per heavy atom. The van der Waals surface area contributed by atoms with Gasteiger partial charge in [-0.25, -0.2) is 0 Å². The minimum absolute atomic E-state index is 0.0180. The predicted octanol–water partition coefficient (Wildman–Crippen LogP) is 1.97. The van der Waals surface area contributed by atoms with Gasteiger partial charge in [0.15, 0.2) is 0 Å². The fourth-order valence-electron chi connectivity index (χ4n) is 4.73. The molecule has 2 heterocycles. The summed E-state index contributed by atoms with van der Waals surface area (Å²) in [6.07, 6.45) is 1.16. The lowest BCUT2D eigenvalue weighted by Crippen LogP contribution is -2.49. The van der Waals surface area contributed by atoms with E-state index in [1.807, 2.05) is 40.1 Å². The summed E-state index contributed by atoms with van der Waals surface area (Å²) >= 11 is 0. The molecule has 7 heteroatoms. The number of carbonyl (C=O) groups excluding carboxylic acids is 3. The number of amides is 3. The van der Waals surface area contributed by atoms with E-state index in [9.17, 15) is 14.4 Å². The van der Waals surface area contributed by atoms with Gasteiger partial charge in [-0.3, -0.25) is 19.3 Å². The summed E-state index contributed by atoms with van der Waals surface area (Å²) in [6.45, 7) is 5.95. The van der Waals surface area contributed by atoms with Crippen molar-refractivity contribution in [3.05, 3.63) is 70.8 Å². The highest BCUT2D eigenvalue weighted by atomic mass is 16.2. The zero-order chi connectivity index (χ0) is 22.7. The number of rotatable bonds is 5. The molecule has 32 heavy (non-hydrogen) atoms. The monoisotopic (exact) mass is 434 g/mol. The van der Waals surface area contributed by atoms with E-state index >= 15 is 0 Å². The van der Waals surface area contributed by atoms with Crippen molar-refractivity contribution in [2.75, 3.05) is 32.7 Å². The van der Waals surface area contributed by atoms with Gasteiger partial charge in [-0.1, -0.05) is 36.4 Å². The first kappa shape index (κ1) is 22.0. The van der Waals surface area contributed by atoms with E-state index < -0.39 is 5.91 Å². The van der Waals surface area contributed by atoms with Crippen LogP contribution in [0.4, 0.5) is 0 Å². The second-order valence-corrected chi connectivity index (χ2v) is 8.60. The van der Waals surface area contributed by atoms with Crippen LogP contribution in [0.25, 0.3) is 0 Å². The number of primary amides is 1. The molecule has 0 radical (unpaired) electrons. The van der Waals surface area contributed by atoms with Crippen LogP contribution in [0.15, 0.2) is 48.5 Å². The Hall–Kier alpha value is -3.19. The van der Waals surface area contributed by atoms with Crippen molar-refractivity contribution in [3.63, 3.8) is 0 Å². The maximum atomic E-state index is 13.1. The van der Waals surface area contributed by atoms with Crippen molar-refractivity contribution in [2.45, 2.75) is 32.4 Å². The fourth-order valence-corrected chi connectivity index (χ4v) is 4.73. The van der Waals surface area contributed by atoms with Gasteiger partial charge in [0, 0.05) is 51.8 Å². The van der Waals surface area contributed by atoms with Crippen LogP contribution in [0, 0.1) is 0 Å². The summed E-state index contributed by atoms with van der Waals surface area (Å²) < 4.78 is 0. The van der Waals surface area contributed by atoms with Gasteiger partial charge in [0.2, 0.25) is 17.7 Å². The molecule has 2 aromatic rings. The lowest BCUT2D eigenvalue weighted by atomic mass is 9.90. The van der Waals surface area contributed by atoms with Crippen LogP contribution in [-0.4, -0.2) is 65.1 Å². The van der Waals surface area contributed by atoms with Gasteiger partial charge in [0.25, 0.3) is 0 Å². The Morgan fingerprint density at radius 1 is 0.938 bits per heavy atom. The molecule has 168 valence electrons. The molecule has 4 rings (SSSR count). The first-order valence-corrected chi connectivity index (χ1v) is 11.2. The number of nitrogens with two attached hydrogens (primary N) is 1. The highest BCUT2D eigenvalue weighted by molar-refractivity contribution is 5.92. The molecular formula is C25H30N4O3. The molecule has 2 N–H and O–H groups in total. The van der Waals surface area contributed by atoms with Crippen LogP contribution in [0.1, 0.15) is 46.4 Å². The minimum Gasteiger partial charge on any atom is -0.366 e. The molecular weight excluding hydrogens is 404 g/mol. The van der Waals surface area contributed by atoms with Crippen molar-refractivity contribution in [2.24, 2.45) is 5.73 Å². The Balaban J connectivity index is 1.35. The van der Waals surface area contributed by atoms with E-state index in [-0.39, 0.29) is 17.9 Å². The molecule has 0 bridgehead atoms. The molecule has 1 fully saturated rings. The highest BCUT2D eigenvalue weighted by Crippen LogP contribution is 2.33. The average molecular weight is 435 g/mol. The van der Waals surface area contributed by atoms with E-state index in [0.717, 1.165) is 37.2 Å². The van der Waals surface area contributed by atoms with Gasteiger partial charge in [-0.05, 0) is 35.2 Å². The van der Waals surface area contributed by atoms with Gasteiger partial charge < -0.3 is 15.5 Å². The molecule has 7 nitrogen and oxygen atoms in total. The molecule has 0 spiro atoms. The van der Waals surface area contributed by atoms with E-state index in [0.29, 0.717) is 31.6 Å². The standard InChI is InChI=1S/C25H30N4O3/c1-18(30)29-11-10-20-4-2-3-5-22(20)23(29)16-24(31)28-14-12-27(13-15-28)17-19-6-8-21(9-7-19)25(26)32/h2-9,23H,10-17H2,1H3,(H2,26,32). The second-order valence-electron chi connectivity index (χ2n) is 8.60. The van der Waals surface area contributed by atoms with Gasteiger partial charge in [0.05, 0.1) is 12.5 Å². The van der Waals surface area contributed by atoms with Crippen molar-refractivity contribution < 1.29 is 14.4 Å². The fraction of sp³-hybridized carbons (Fsp3) is 0.400. The van der Waals surface area contributed by atoms with Gasteiger partial charge in [-0.15, -0.1) is 0 Å². The summed E-state index contributed by atoms with van der Waals surface area (Å²) in [5, 5.41) is 0. The normalized spacial score (nSPS) is 18.8. The molecule has 1 saturated heterocycles. The Bertz CT molecular complexity index is 997. The van der Waals surface area contributed by atoms with Crippen molar-refractivity contribution in [3.8, 4) is 0 Å². The second kappa shape index (κ2) is 9.53. The summed E-state index contributed by atoms with van der Waals surface area (Å²) in [7, 11) is 0. The Labute approximate surface area is 188 Å². The minimum atomic E-state index is -0.424. The molecule has 1 unspecified atom stereocenters. The smallest absolute Gasteiger partial charge is 0.248 e. The summed E-state index contributed by atoms with van der Waals surface area (Å²) in [6, 6.07) is 15.3. The van der Waals surface area contributed by atoms with Crippen LogP contribution in [0.3, 0.4) is 0 Å². The number of benzene rings is 2. The zero-order valence-corrected chi connectivity index (χ0v) is 18.5. The number of hydrogen-bond acceptors (Lipinski definition) is 4. The van der Waals surface area contributed by atoms with Crippen LogP contribution >= 0.6 is 0 Å². The van der Waals surface area contributed by atoms with Crippen LogP contribution in [0.5, 0.6) is 0 Å². The van der Waals surface area contributed by atoms with Gasteiger partial charge >= 0.3 is 0 Å². The van der Waals surface area contributed by atoms with Crippen LogP contribution in [-0.2, 0) is 22.6 Å². The van der Waals surface area contributed by atoms with Gasteiger partial charge in [-0.2, -0.15) is 0 Å². The first-order chi connectivity index (χ1) is 15.4. The van der Waals surface area contributed by atoms with E-state index in [2.05, 4.69) is 11.0 Å². The number of carbonyl (C=O) groups is 3. The molecule has 0 aliphatic carbocycles. The third-order valence-corrected chi connectivity index (χ3v) is 6.55. The van der Waals surface area contributed by atoms with Gasteiger partial charge in [0.1, 0.15) is 0 Å². The SMILES string of the molecule is CC(=O)N1CCc2ccccc2C1CC(=O)N1CCN(Cc2ccc(C(N)=O)cc2)CC1. The predicted molar refractivity (Wildman–Crippen MR) is 122 cm³/mol. The van der Waals surface area contributed by atoms with E-state index in [1.54, 1.807) is 19.1 Å². The zero-order valence-electron chi connectivity index (χ0n) is 18.5. The third kappa shape index (κ3) is 4.83. The number of piperazine rings is 1. The quantitative estimate of drug-likeness (QED) is 0.780. The van der Waals surface area contributed by atoms with Crippen LogP contribution < -0.4 is 5.73 Å². The first-order valence-electron chi connectivity index (χ1n) is 11.2. The largest absolute Gasteiger partial charge is 0.366 e. The third-order valence-electron chi connectivity index (χ3n) is 6.55. The lowest BCUT2D eigenvalue weighted by molar-refractivity contribution is -0.137. The number of nitrogens with zero attached hydrogens (tertiary/aromatic N) is 3. The average Bonchev–Trinajstić information content (AvgIpc) is 2.80. The molecule has 3 amide bonds. The molecule has 1 atom stereocenters. The summed E-state index contributed by atoms with van der Waals surface area (Å²) in [5.74, 6) is -0.305. The van der Waals surface area contributed by atoms with Crippen molar-refractivity contribution >= 4 is 17.7 Å². The number of fused-ring (bicyclic) bond motifs is 1. The van der Waals surface area contributed by atoms with Crippen molar-refractivity contribution in [1.82, 2.24) is 14.7 Å². The van der Waals surface area contributed by atoms with Crippen LogP contribution in [0.2, 0.25) is 0 Å². The maximum Gasteiger partial charge on any atom is 0.248 e. The summed E-state index contributed by atoms with van der Waals surface area (Å²) in [5.41, 5.74) is 9.25. The Kier molecular flexibility index (Phi) is 6.55. The lowest BCUT2D eigenvalue weighted by Gasteiger charge is -2.39. The Morgan fingerprint density at radius 2 is 1.62 bits per heavy atom. The molecule has 2 aromatic carbocycles. The molecule has 2 aliphatic rings. The summed E-state index contributed by atoms with van der Waals surface area (Å²) in [4.78, 5) is 42.6. The van der Waals surface area contributed by atoms with Crippen molar-refractivity contribution in [1.29, 1.82) is 0 Å². The molecule has 0 aromatic heterocycles. The van der Waals surface area contributed by atoms with E-state index in [1.165, 1.54) is 5.56 Å². The molecule has 0 saturated carbocycles.